The minimum atomic E-state index is -0.172. The van der Waals surface area contributed by atoms with Crippen molar-refractivity contribution in [3.63, 3.8) is 0 Å². The first-order valence-corrected chi connectivity index (χ1v) is 9.47. The summed E-state index contributed by atoms with van der Waals surface area (Å²) in [6, 6.07) is 6.50. The number of amides is 2. The van der Waals surface area contributed by atoms with Gasteiger partial charge in [-0.2, -0.15) is 0 Å². The largest absolute Gasteiger partial charge is 0.482 e. The fraction of sp³-hybridized carbons (Fsp3) is 0.389. The molecule has 2 heterocycles. The van der Waals surface area contributed by atoms with E-state index in [1.165, 1.54) is 0 Å². The molecule has 1 aliphatic rings. The van der Waals surface area contributed by atoms with Gasteiger partial charge in [-0.3, -0.25) is 14.5 Å². The predicted octanol–water partition coefficient (Wildman–Crippen LogP) is 2.45. The highest BCUT2D eigenvalue weighted by molar-refractivity contribution is 6.35. The van der Waals surface area contributed by atoms with Crippen LogP contribution in [0.5, 0.6) is 5.75 Å². The SMILES string of the molecule is Cc1cc(NC(=O)CN2CCN(C(=O)COc3ccc(Cl)cc3Cl)CC2)no1. The summed E-state index contributed by atoms with van der Waals surface area (Å²) >= 11 is 11.9. The summed E-state index contributed by atoms with van der Waals surface area (Å²) in [5.41, 5.74) is 0. The van der Waals surface area contributed by atoms with Gasteiger partial charge in [-0.25, -0.2) is 0 Å². The van der Waals surface area contributed by atoms with Gasteiger partial charge in [-0.1, -0.05) is 28.4 Å². The molecule has 2 amide bonds. The molecular formula is C18H20Cl2N4O4. The monoisotopic (exact) mass is 426 g/mol. The van der Waals surface area contributed by atoms with E-state index < -0.39 is 0 Å². The number of piperazine rings is 1. The summed E-state index contributed by atoms with van der Waals surface area (Å²) in [7, 11) is 0. The minimum absolute atomic E-state index is 0.104. The summed E-state index contributed by atoms with van der Waals surface area (Å²) in [5.74, 6) is 1.14. The summed E-state index contributed by atoms with van der Waals surface area (Å²) in [4.78, 5) is 28.1. The Hall–Kier alpha value is -2.29. The molecule has 0 bridgehead atoms. The van der Waals surface area contributed by atoms with Crippen LogP contribution in [0.25, 0.3) is 0 Å². The molecule has 1 N–H and O–H groups in total. The van der Waals surface area contributed by atoms with Crippen molar-refractivity contribution in [1.82, 2.24) is 15.0 Å². The lowest BCUT2D eigenvalue weighted by molar-refractivity contribution is -0.135. The number of aromatic nitrogens is 1. The molecule has 3 rings (SSSR count). The molecule has 1 aromatic heterocycles. The van der Waals surface area contributed by atoms with Gasteiger partial charge in [0, 0.05) is 37.3 Å². The molecule has 0 unspecified atom stereocenters. The Labute approximate surface area is 172 Å². The molecule has 1 fully saturated rings. The number of rotatable bonds is 6. The van der Waals surface area contributed by atoms with Crippen molar-refractivity contribution in [2.24, 2.45) is 0 Å². The number of carbonyl (C=O) groups is 2. The van der Waals surface area contributed by atoms with Crippen molar-refractivity contribution in [3.8, 4) is 5.75 Å². The van der Waals surface area contributed by atoms with E-state index in [9.17, 15) is 9.59 Å². The quantitative estimate of drug-likeness (QED) is 0.762. The molecular weight excluding hydrogens is 407 g/mol. The summed E-state index contributed by atoms with van der Waals surface area (Å²) < 4.78 is 10.4. The van der Waals surface area contributed by atoms with E-state index in [0.29, 0.717) is 53.6 Å². The second-order valence-electron chi connectivity index (χ2n) is 6.39. The van der Waals surface area contributed by atoms with Gasteiger partial charge in [0.2, 0.25) is 5.91 Å². The number of anilines is 1. The minimum Gasteiger partial charge on any atom is -0.482 e. The number of aryl methyl sites for hydroxylation is 1. The van der Waals surface area contributed by atoms with Crippen LogP contribution in [-0.4, -0.2) is 66.1 Å². The van der Waals surface area contributed by atoms with Crippen molar-refractivity contribution in [1.29, 1.82) is 0 Å². The number of nitrogens with one attached hydrogen (secondary N) is 1. The Morgan fingerprint density at radius 3 is 2.61 bits per heavy atom. The second kappa shape index (κ2) is 9.27. The zero-order chi connectivity index (χ0) is 20.1. The molecule has 0 radical (unpaired) electrons. The van der Waals surface area contributed by atoms with Crippen LogP contribution in [-0.2, 0) is 9.59 Å². The van der Waals surface area contributed by atoms with Gasteiger partial charge in [0.05, 0.1) is 11.6 Å². The third kappa shape index (κ3) is 5.60. The zero-order valence-corrected chi connectivity index (χ0v) is 16.8. The number of nitrogens with zero attached hydrogens (tertiary/aromatic N) is 3. The molecule has 0 atom stereocenters. The van der Waals surface area contributed by atoms with E-state index in [4.69, 9.17) is 32.5 Å². The van der Waals surface area contributed by atoms with Crippen molar-refractivity contribution in [2.75, 3.05) is 44.6 Å². The zero-order valence-electron chi connectivity index (χ0n) is 15.3. The maximum Gasteiger partial charge on any atom is 0.260 e. The fourth-order valence-electron chi connectivity index (χ4n) is 2.79. The normalized spacial score (nSPS) is 14.8. The van der Waals surface area contributed by atoms with Crippen molar-refractivity contribution in [3.05, 3.63) is 40.1 Å². The van der Waals surface area contributed by atoms with Gasteiger partial charge in [-0.05, 0) is 25.1 Å². The molecule has 0 aliphatic carbocycles. The second-order valence-corrected chi connectivity index (χ2v) is 7.23. The molecule has 1 saturated heterocycles. The van der Waals surface area contributed by atoms with E-state index >= 15 is 0 Å². The Bertz CT molecular complexity index is 850. The number of hydrogen-bond acceptors (Lipinski definition) is 6. The first-order valence-electron chi connectivity index (χ1n) is 8.72. The van der Waals surface area contributed by atoms with E-state index in [-0.39, 0.29) is 25.0 Å². The smallest absolute Gasteiger partial charge is 0.260 e. The molecule has 8 nitrogen and oxygen atoms in total. The van der Waals surface area contributed by atoms with Gasteiger partial charge in [0.25, 0.3) is 5.91 Å². The summed E-state index contributed by atoms with van der Waals surface area (Å²) in [6.45, 7) is 4.11. The number of halogens is 2. The average Bonchev–Trinajstić information content (AvgIpc) is 3.06. The topological polar surface area (TPSA) is 87.9 Å². The maximum atomic E-state index is 12.3. The number of hydrogen-bond donors (Lipinski definition) is 1. The molecule has 1 aromatic carbocycles. The van der Waals surface area contributed by atoms with Gasteiger partial charge >= 0.3 is 0 Å². The van der Waals surface area contributed by atoms with Crippen LogP contribution in [0.2, 0.25) is 10.0 Å². The summed E-state index contributed by atoms with van der Waals surface area (Å²) in [6.07, 6.45) is 0. The highest BCUT2D eigenvalue weighted by Gasteiger charge is 2.23. The molecule has 0 saturated carbocycles. The van der Waals surface area contributed by atoms with Gasteiger partial charge in [0.15, 0.2) is 12.4 Å². The van der Waals surface area contributed by atoms with Crippen LogP contribution in [0, 0.1) is 6.92 Å². The highest BCUT2D eigenvalue weighted by atomic mass is 35.5. The number of benzene rings is 1. The Balaban J connectivity index is 1.40. The lowest BCUT2D eigenvalue weighted by Gasteiger charge is -2.34. The van der Waals surface area contributed by atoms with Gasteiger partial charge in [-0.15, -0.1) is 0 Å². The van der Waals surface area contributed by atoms with Gasteiger partial charge < -0.3 is 19.5 Å². The van der Waals surface area contributed by atoms with Crippen LogP contribution in [0.15, 0.2) is 28.8 Å². The van der Waals surface area contributed by atoms with Crippen molar-refractivity contribution < 1.29 is 18.8 Å². The van der Waals surface area contributed by atoms with Crippen molar-refractivity contribution >= 4 is 40.8 Å². The molecule has 28 heavy (non-hydrogen) atoms. The highest BCUT2D eigenvalue weighted by Crippen LogP contribution is 2.27. The van der Waals surface area contributed by atoms with E-state index in [1.54, 1.807) is 36.1 Å². The van der Waals surface area contributed by atoms with Crippen LogP contribution >= 0.6 is 23.2 Å². The Morgan fingerprint density at radius 1 is 1.21 bits per heavy atom. The first kappa shape index (κ1) is 20.4. The van der Waals surface area contributed by atoms with Crippen LogP contribution < -0.4 is 10.1 Å². The molecule has 1 aliphatic heterocycles. The lowest BCUT2D eigenvalue weighted by atomic mass is 10.3. The molecule has 10 heteroatoms. The predicted molar refractivity (Wildman–Crippen MR) is 105 cm³/mol. The third-order valence-electron chi connectivity index (χ3n) is 4.23. The molecule has 150 valence electrons. The summed E-state index contributed by atoms with van der Waals surface area (Å²) in [5, 5.41) is 7.28. The standard InChI is InChI=1S/C18H20Cl2N4O4/c1-12-8-16(22-28-12)21-17(25)10-23-4-6-24(7-5-23)18(26)11-27-15-3-2-13(19)9-14(15)20/h2-3,8-9H,4-7,10-11H2,1H3,(H,21,22,25). The first-order chi connectivity index (χ1) is 13.4. The van der Waals surface area contributed by atoms with Crippen LogP contribution in [0.3, 0.4) is 0 Å². The maximum absolute atomic E-state index is 12.3. The molecule has 0 spiro atoms. The lowest BCUT2D eigenvalue weighted by Crippen LogP contribution is -2.51. The van der Waals surface area contributed by atoms with E-state index in [1.807, 2.05) is 4.90 Å². The Kier molecular flexibility index (Phi) is 6.77. The molecule has 2 aromatic rings. The number of ether oxygens (including phenoxy) is 1. The number of carbonyl (C=O) groups excluding carboxylic acids is 2. The van der Waals surface area contributed by atoms with Gasteiger partial charge in [0.1, 0.15) is 11.5 Å². The van der Waals surface area contributed by atoms with Crippen molar-refractivity contribution in [2.45, 2.75) is 6.92 Å². The third-order valence-corrected chi connectivity index (χ3v) is 4.76. The fourth-order valence-corrected chi connectivity index (χ4v) is 3.25. The van der Waals surface area contributed by atoms with Crippen LogP contribution in [0.1, 0.15) is 5.76 Å². The Morgan fingerprint density at radius 2 is 1.96 bits per heavy atom. The van der Waals surface area contributed by atoms with Crippen LogP contribution in [0.4, 0.5) is 5.82 Å². The van der Waals surface area contributed by atoms with E-state index in [2.05, 4.69) is 10.5 Å². The van der Waals surface area contributed by atoms with E-state index in [0.717, 1.165) is 0 Å². The average molecular weight is 427 g/mol.